The molecule has 0 saturated carbocycles. The van der Waals surface area contributed by atoms with Crippen molar-refractivity contribution in [2.45, 2.75) is 44.8 Å². The zero-order chi connectivity index (χ0) is 22.3. The summed E-state index contributed by atoms with van der Waals surface area (Å²) in [5.41, 5.74) is 3.30. The maximum atomic E-state index is 12.8. The summed E-state index contributed by atoms with van der Waals surface area (Å²) in [7, 11) is 0. The molecule has 2 aliphatic rings. The number of rotatable bonds is 4. The lowest BCUT2D eigenvalue weighted by Crippen LogP contribution is -2.47. The van der Waals surface area contributed by atoms with Crippen LogP contribution in [0, 0.1) is 0 Å². The number of fused-ring (bicyclic) bond motifs is 4. The second-order valence-corrected chi connectivity index (χ2v) is 8.25. The van der Waals surface area contributed by atoms with E-state index >= 15 is 0 Å². The summed E-state index contributed by atoms with van der Waals surface area (Å²) in [5.74, 6) is 0.710. The predicted molar refractivity (Wildman–Crippen MR) is 113 cm³/mol. The average Bonchev–Trinajstić information content (AvgIpc) is 3.21. The Bertz CT molecular complexity index is 1120. The minimum atomic E-state index is -4.71. The van der Waals surface area contributed by atoms with Crippen LogP contribution in [0.5, 0.6) is 11.5 Å². The highest BCUT2D eigenvalue weighted by molar-refractivity contribution is 5.73. The van der Waals surface area contributed by atoms with Gasteiger partial charge in [0.05, 0.1) is 11.9 Å². The fraction of sp³-hybridized carbons (Fsp3) is 0.375. The molecule has 168 valence electrons. The molecule has 0 N–H and O–H groups in total. The first-order chi connectivity index (χ1) is 15.4. The normalized spacial score (nSPS) is 17.5. The van der Waals surface area contributed by atoms with Crippen LogP contribution in [-0.4, -0.2) is 34.1 Å². The first kappa shape index (κ1) is 20.9. The fourth-order valence-electron chi connectivity index (χ4n) is 4.80. The molecule has 1 fully saturated rings. The summed E-state index contributed by atoms with van der Waals surface area (Å²) in [4.78, 5) is 2.15. The monoisotopic (exact) mass is 443 g/mol. The molecule has 8 heteroatoms. The first-order valence-corrected chi connectivity index (χ1v) is 10.8. The Hall–Kier alpha value is -3.00. The third-order valence-electron chi connectivity index (χ3n) is 6.33. The van der Waals surface area contributed by atoms with Crippen LogP contribution in [0.15, 0.2) is 54.7 Å². The van der Waals surface area contributed by atoms with E-state index in [-0.39, 0.29) is 5.75 Å². The summed E-state index contributed by atoms with van der Waals surface area (Å²) < 4.78 is 51.1. The van der Waals surface area contributed by atoms with Gasteiger partial charge in [-0.1, -0.05) is 30.3 Å². The van der Waals surface area contributed by atoms with Crippen molar-refractivity contribution in [3.63, 3.8) is 0 Å². The van der Waals surface area contributed by atoms with Crippen LogP contribution in [0.4, 0.5) is 13.2 Å². The molecule has 32 heavy (non-hydrogen) atoms. The lowest BCUT2D eigenvalue weighted by atomic mass is 9.81. The molecule has 1 spiro atoms. The van der Waals surface area contributed by atoms with Gasteiger partial charge >= 0.3 is 6.36 Å². The van der Waals surface area contributed by atoms with Crippen molar-refractivity contribution in [3.8, 4) is 22.8 Å². The number of ether oxygens (including phenoxy) is 2. The second-order valence-electron chi connectivity index (χ2n) is 8.25. The smallest absolute Gasteiger partial charge is 0.482 e. The number of likely N-dealkylation sites (tertiary alicyclic amines) is 1. The van der Waals surface area contributed by atoms with Crippen molar-refractivity contribution in [1.82, 2.24) is 14.7 Å². The quantitative estimate of drug-likeness (QED) is 0.545. The van der Waals surface area contributed by atoms with E-state index in [0.29, 0.717) is 25.2 Å². The number of piperidine rings is 1. The number of halogens is 3. The third kappa shape index (κ3) is 3.72. The Labute approximate surface area is 184 Å². The zero-order valence-corrected chi connectivity index (χ0v) is 17.7. The number of nitrogens with zero attached hydrogens (tertiary/aromatic N) is 3. The molecule has 1 saturated heterocycles. The molecular formula is C24H24F3N3O2. The van der Waals surface area contributed by atoms with Crippen LogP contribution in [0.3, 0.4) is 0 Å². The van der Waals surface area contributed by atoms with Gasteiger partial charge in [0.1, 0.15) is 17.1 Å². The fourth-order valence-corrected chi connectivity index (χ4v) is 4.80. The number of alkyl halides is 3. The van der Waals surface area contributed by atoms with Crippen molar-refractivity contribution in [1.29, 1.82) is 0 Å². The third-order valence-corrected chi connectivity index (χ3v) is 6.33. The first-order valence-electron chi connectivity index (χ1n) is 10.8. The molecule has 0 unspecified atom stereocenters. The van der Waals surface area contributed by atoms with Gasteiger partial charge in [0.2, 0.25) is 0 Å². The second kappa shape index (κ2) is 7.85. The molecule has 0 atom stereocenters. The van der Waals surface area contributed by atoms with Crippen molar-refractivity contribution >= 4 is 0 Å². The number of para-hydroxylation sites is 2. The van der Waals surface area contributed by atoms with Crippen LogP contribution >= 0.6 is 0 Å². The van der Waals surface area contributed by atoms with Crippen LogP contribution in [0.2, 0.25) is 0 Å². The minimum absolute atomic E-state index is 0.144. The van der Waals surface area contributed by atoms with Gasteiger partial charge in [-0.2, -0.15) is 5.10 Å². The molecule has 2 aliphatic heterocycles. The lowest BCUT2D eigenvalue weighted by molar-refractivity contribution is -0.275. The van der Waals surface area contributed by atoms with Crippen molar-refractivity contribution in [2.75, 3.05) is 13.1 Å². The molecular weight excluding hydrogens is 419 g/mol. The van der Waals surface area contributed by atoms with E-state index < -0.39 is 12.0 Å². The van der Waals surface area contributed by atoms with Crippen molar-refractivity contribution < 1.29 is 22.6 Å². The lowest BCUT2D eigenvalue weighted by Gasteiger charge is -2.44. The SMILES string of the molecule is CCn1ncc2c1-c1ccccc1OC21CCN(Cc2ccccc2OC(F)(F)F)CC1. The van der Waals surface area contributed by atoms with Gasteiger partial charge in [0, 0.05) is 55.7 Å². The molecule has 5 nitrogen and oxygen atoms in total. The number of aryl methyl sites for hydroxylation is 1. The van der Waals surface area contributed by atoms with E-state index in [2.05, 4.69) is 27.7 Å². The number of hydrogen-bond acceptors (Lipinski definition) is 4. The number of benzene rings is 2. The summed E-state index contributed by atoms with van der Waals surface area (Å²) in [6.07, 6.45) is -1.34. The number of aromatic nitrogens is 2. The predicted octanol–water partition coefficient (Wildman–Crippen LogP) is 5.35. The van der Waals surface area contributed by atoms with Gasteiger partial charge < -0.3 is 9.47 Å². The van der Waals surface area contributed by atoms with Gasteiger partial charge in [-0.15, -0.1) is 13.2 Å². The molecule has 0 radical (unpaired) electrons. The van der Waals surface area contributed by atoms with Gasteiger partial charge in [-0.3, -0.25) is 9.58 Å². The van der Waals surface area contributed by atoms with Gasteiger partial charge in [-0.25, -0.2) is 0 Å². The van der Waals surface area contributed by atoms with E-state index in [9.17, 15) is 13.2 Å². The summed E-state index contributed by atoms with van der Waals surface area (Å²) in [6, 6.07) is 14.3. The zero-order valence-electron chi connectivity index (χ0n) is 17.7. The molecule has 0 bridgehead atoms. The topological polar surface area (TPSA) is 39.5 Å². The standard InChI is InChI=1S/C24H24F3N3O2/c1-2-30-22-18-8-4-6-10-21(18)31-23(19(22)15-28-30)11-13-29(14-12-23)16-17-7-3-5-9-20(17)32-24(25,26)27/h3-10,15H,2,11-14,16H2,1H3. The molecule has 5 rings (SSSR count). The van der Waals surface area contributed by atoms with Crippen LogP contribution in [0.1, 0.15) is 30.9 Å². The van der Waals surface area contributed by atoms with Crippen LogP contribution < -0.4 is 9.47 Å². The Morgan fingerprint density at radius 2 is 1.78 bits per heavy atom. The minimum Gasteiger partial charge on any atom is -0.482 e. The Morgan fingerprint density at radius 3 is 2.53 bits per heavy atom. The van der Waals surface area contributed by atoms with E-state index in [1.165, 1.54) is 6.07 Å². The molecule has 2 aromatic carbocycles. The van der Waals surface area contributed by atoms with E-state index in [0.717, 1.165) is 42.0 Å². The summed E-state index contributed by atoms with van der Waals surface area (Å²) in [5, 5.41) is 4.60. The highest BCUT2D eigenvalue weighted by Crippen LogP contribution is 2.49. The Kier molecular flexibility index (Phi) is 5.12. The van der Waals surface area contributed by atoms with Crippen LogP contribution in [-0.2, 0) is 18.7 Å². The van der Waals surface area contributed by atoms with Gasteiger partial charge in [0.25, 0.3) is 0 Å². The molecule has 0 aliphatic carbocycles. The summed E-state index contributed by atoms with van der Waals surface area (Å²) >= 11 is 0. The largest absolute Gasteiger partial charge is 0.573 e. The van der Waals surface area contributed by atoms with E-state index in [1.807, 2.05) is 29.1 Å². The van der Waals surface area contributed by atoms with Gasteiger partial charge in [0.15, 0.2) is 0 Å². The maximum Gasteiger partial charge on any atom is 0.573 e. The van der Waals surface area contributed by atoms with Gasteiger partial charge in [-0.05, 0) is 25.1 Å². The highest BCUT2D eigenvalue weighted by atomic mass is 19.4. The average molecular weight is 443 g/mol. The Balaban J connectivity index is 1.37. The maximum absolute atomic E-state index is 12.8. The number of hydrogen-bond donors (Lipinski definition) is 0. The molecule has 0 amide bonds. The van der Waals surface area contributed by atoms with Crippen LogP contribution in [0.25, 0.3) is 11.3 Å². The highest BCUT2D eigenvalue weighted by Gasteiger charge is 2.45. The van der Waals surface area contributed by atoms with E-state index in [1.54, 1.807) is 18.2 Å². The molecule has 3 aromatic rings. The van der Waals surface area contributed by atoms with Crippen molar-refractivity contribution in [3.05, 3.63) is 65.9 Å². The summed E-state index contributed by atoms with van der Waals surface area (Å²) in [6.45, 7) is 4.61. The van der Waals surface area contributed by atoms with E-state index in [4.69, 9.17) is 4.74 Å². The van der Waals surface area contributed by atoms with Crippen molar-refractivity contribution in [2.24, 2.45) is 0 Å². The Morgan fingerprint density at radius 1 is 1.06 bits per heavy atom. The molecule has 1 aromatic heterocycles. The molecule has 3 heterocycles.